The van der Waals surface area contributed by atoms with Gasteiger partial charge in [0.15, 0.2) is 0 Å². The van der Waals surface area contributed by atoms with Crippen molar-refractivity contribution < 1.29 is 51.1 Å². The zero-order valence-corrected chi connectivity index (χ0v) is 19.6. The molecule has 0 aliphatic carbocycles. The Morgan fingerprint density at radius 2 is 1.57 bits per heavy atom. The van der Waals surface area contributed by atoms with Gasteiger partial charge >= 0.3 is 16.8 Å². The standard InChI is InChI=1S/C23H22N2O2.2ClH.Co/c1-15-12-16(2)22(17(3)13-15)24-14-21(26)19-10-11-20(25-23(19)27-4)18-8-6-5-7-9-18;;;/h5-14H,1-4H3;2*1H;/q;;;+2/p-2. The summed E-state index contributed by atoms with van der Waals surface area (Å²) in [5.41, 5.74) is 6.20. The number of Topliss-reactive ketones (excluding diaryl/α,β-unsaturated/α-hetero) is 1. The van der Waals surface area contributed by atoms with Gasteiger partial charge in [-0.25, -0.2) is 4.98 Å². The molecule has 159 valence electrons. The Morgan fingerprint density at radius 3 is 2.13 bits per heavy atom. The quantitative estimate of drug-likeness (QED) is 0.352. The van der Waals surface area contributed by atoms with Gasteiger partial charge in [-0.2, -0.15) is 0 Å². The maximum Gasteiger partial charge on any atom is 2.00 e. The van der Waals surface area contributed by atoms with Gasteiger partial charge in [-0.15, -0.1) is 0 Å². The number of carbonyl (C=O) groups excluding carboxylic acids is 1. The Morgan fingerprint density at radius 1 is 0.967 bits per heavy atom. The molecule has 0 saturated heterocycles. The molecule has 0 saturated carbocycles. The molecule has 0 fully saturated rings. The minimum atomic E-state index is -0.238. The Kier molecular flexibility index (Phi) is 11.6. The molecule has 0 N–H and O–H groups in total. The van der Waals surface area contributed by atoms with E-state index < -0.39 is 0 Å². The molecule has 0 aliphatic heterocycles. The molecule has 1 radical (unpaired) electrons. The zero-order chi connectivity index (χ0) is 19.4. The van der Waals surface area contributed by atoms with E-state index in [9.17, 15) is 4.79 Å². The summed E-state index contributed by atoms with van der Waals surface area (Å²) in [7, 11) is 1.51. The number of aromatic nitrogens is 1. The first-order chi connectivity index (χ1) is 13.0. The summed E-state index contributed by atoms with van der Waals surface area (Å²) in [6.45, 7) is 6.03. The number of methoxy groups -OCH3 is 1. The number of halogens is 2. The number of pyridine rings is 1. The van der Waals surface area contributed by atoms with Crippen LogP contribution in [0.4, 0.5) is 5.69 Å². The van der Waals surface area contributed by atoms with E-state index >= 15 is 0 Å². The van der Waals surface area contributed by atoms with Crippen LogP contribution < -0.4 is 29.6 Å². The third kappa shape index (κ3) is 6.41. The summed E-state index contributed by atoms with van der Waals surface area (Å²) in [5, 5.41) is 0. The summed E-state index contributed by atoms with van der Waals surface area (Å²) in [4.78, 5) is 21.6. The minimum Gasteiger partial charge on any atom is -1.00 e. The number of ketones is 1. The molecule has 7 heteroatoms. The molecule has 30 heavy (non-hydrogen) atoms. The first kappa shape index (κ1) is 27.8. The average Bonchev–Trinajstić information content (AvgIpc) is 2.67. The maximum atomic E-state index is 12.7. The van der Waals surface area contributed by atoms with Gasteiger partial charge in [-0.3, -0.25) is 9.79 Å². The number of hydrogen-bond acceptors (Lipinski definition) is 4. The largest absolute Gasteiger partial charge is 2.00 e. The Labute approximate surface area is 200 Å². The van der Waals surface area contributed by atoms with Gasteiger partial charge in [0.1, 0.15) is 0 Å². The van der Waals surface area contributed by atoms with Crippen LogP contribution in [0.3, 0.4) is 0 Å². The van der Waals surface area contributed by atoms with Gasteiger partial charge in [0.25, 0.3) is 0 Å². The van der Waals surface area contributed by atoms with Crippen molar-refractivity contribution in [3.63, 3.8) is 0 Å². The molecule has 0 spiro atoms. The SMILES string of the molecule is COc1nc(-c2ccccc2)ccc1C(=O)C=Nc1c(C)cc(C)cc1C.[Cl-].[Cl-].[Co+2]. The molecule has 3 aromatic rings. The third-order valence-corrected chi connectivity index (χ3v) is 4.33. The number of ether oxygens (including phenoxy) is 1. The van der Waals surface area contributed by atoms with Crippen LogP contribution in [0.5, 0.6) is 5.88 Å². The Balaban J connectivity index is 0.00000280. The molecular weight excluding hydrogens is 466 g/mol. The first-order valence-electron chi connectivity index (χ1n) is 8.76. The fourth-order valence-corrected chi connectivity index (χ4v) is 3.12. The second kappa shape index (κ2) is 12.5. The first-order valence-corrected chi connectivity index (χ1v) is 8.76. The summed E-state index contributed by atoms with van der Waals surface area (Å²) < 4.78 is 5.35. The van der Waals surface area contributed by atoms with Crippen molar-refractivity contribution >= 4 is 17.7 Å². The molecule has 1 heterocycles. The molecule has 0 unspecified atom stereocenters. The molecule has 2 aromatic carbocycles. The van der Waals surface area contributed by atoms with Crippen molar-refractivity contribution in [3.8, 4) is 17.1 Å². The normalized spacial score (nSPS) is 9.87. The number of carbonyl (C=O) groups is 1. The summed E-state index contributed by atoms with van der Waals surface area (Å²) in [6.07, 6.45) is 1.34. The van der Waals surface area contributed by atoms with E-state index in [4.69, 9.17) is 4.74 Å². The third-order valence-electron chi connectivity index (χ3n) is 4.33. The van der Waals surface area contributed by atoms with Crippen LogP contribution in [0, 0.1) is 20.8 Å². The van der Waals surface area contributed by atoms with E-state index in [1.165, 1.54) is 18.9 Å². The van der Waals surface area contributed by atoms with E-state index in [1.54, 1.807) is 6.07 Å². The minimum absolute atomic E-state index is 0. The van der Waals surface area contributed by atoms with Crippen LogP contribution in [0.15, 0.2) is 59.6 Å². The van der Waals surface area contributed by atoms with Crippen molar-refractivity contribution in [2.45, 2.75) is 20.8 Å². The predicted molar refractivity (Wildman–Crippen MR) is 109 cm³/mol. The zero-order valence-electron chi connectivity index (χ0n) is 17.1. The monoisotopic (exact) mass is 487 g/mol. The van der Waals surface area contributed by atoms with E-state index in [0.29, 0.717) is 11.4 Å². The van der Waals surface area contributed by atoms with Gasteiger partial charge in [0.2, 0.25) is 11.7 Å². The van der Waals surface area contributed by atoms with E-state index in [2.05, 4.69) is 22.1 Å². The average molecular weight is 488 g/mol. The smallest absolute Gasteiger partial charge is 1.00 e. The van der Waals surface area contributed by atoms with Crippen LogP contribution in [0.1, 0.15) is 27.0 Å². The van der Waals surface area contributed by atoms with Crippen molar-refractivity contribution in [1.29, 1.82) is 0 Å². The summed E-state index contributed by atoms with van der Waals surface area (Å²) in [6, 6.07) is 17.4. The van der Waals surface area contributed by atoms with E-state index in [1.807, 2.05) is 57.2 Å². The fraction of sp³-hybridized carbons (Fsp3) is 0.174. The molecule has 1 aromatic heterocycles. The molecule has 0 aliphatic rings. The summed E-state index contributed by atoms with van der Waals surface area (Å²) in [5.74, 6) is 0.0588. The van der Waals surface area contributed by atoms with Crippen LogP contribution >= 0.6 is 0 Å². The fourth-order valence-electron chi connectivity index (χ4n) is 3.12. The molecular formula is C23H22Cl2CoN2O2. The van der Waals surface area contributed by atoms with Crippen LogP contribution in [0.25, 0.3) is 11.3 Å². The molecule has 0 amide bonds. The molecule has 3 rings (SSSR count). The number of benzene rings is 2. The van der Waals surface area contributed by atoms with Crippen LogP contribution in [-0.2, 0) is 16.8 Å². The molecule has 0 atom stereocenters. The van der Waals surface area contributed by atoms with Gasteiger partial charge in [-0.1, -0.05) is 48.0 Å². The molecule has 4 nitrogen and oxygen atoms in total. The van der Waals surface area contributed by atoms with E-state index in [-0.39, 0.29) is 47.4 Å². The van der Waals surface area contributed by atoms with Crippen molar-refractivity contribution in [2.24, 2.45) is 4.99 Å². The van der Waals surface area contributed by atoms with Crippen molar-refractivity contribution in [3.05, 3.63) is 76.9 Å². The van der Waals surface area contributed by atoms with E-state index in [0.717, 1.165) is 28.1 Å². The van der Waals surface area contributed by atoms with Gasteiger partial charge < -0.3 is 29.6 Å². The van der Waals surface area contributed by atoms with Gasteiger partial charge in [-0.05, 0) is 44.0 Å². The second-order valence-electron chi connectivity index (χ2n) is 6.49. The van der Waals surface area contributed by atoms with Crippen molar-refractivity contribution in [2.75, 3.05) is 7.11 Å². The van der Waals surface area contributed by atoms with Gasteiger partial charge in [0, 0.05) is 5.56 Å². The molecule has 0 bridgehead atoms. The number of aliphatic imine (C=N–C) groups is 1. The number of rotatable bonds is 5. The number of hydrogen-bond donors (Lipinski definition) is 0. The summed E-state index contributed by atoms with van der Waals surface area (Å²) >= 11 is 0. The van der Waals surface area contributed by atoms with Crippen LogP contribution in [0.2, 0.25) is 0 Å². The van der Waals surface area contributed by atoms with Crippen molar-refractivity contribution in [1.82, 2.24) is 4.98 Å². The van der Waals surface area contributed by atoms with Crippen LogP contribution in [-0.4, -0.2) is 24.1 Å². The predicted octanol–water partition coefficient (Wildman–Crippen LogP) is -0.727. The van der Waals surface area contributed by atoms with Gasteiger partial charge in [0.05, 0.1) is 30.3 Å². The number of nitrogens with zero attached hydrogens (tertiary/aromatic N) is 2. The second-order valence-corrected chi connectivity index (χ2v) is 6.49. The Hall–Kier alpha value is -2.18. The Bertz CT molecular complexity index is 1000. The maximum absolute atomic E-state index is 12.7. The number of aryl methyl sites for hydroxylation is 3. The topological polar surface area (TPSA) is 51.5 Å².